The Bertz CT molecular complexity index is 724. The first-order valence-electron chi connectivity index (χ1n) is 5.56. The summed E-state index contributed by atoms with van der Waals surface area (Å²) >= 11 is 1.44. The van der Waals surface area contributed by atoms with Gasteiger partial charge < -0.3 is 10.1 Å². The first-order valence-corrected chi connectivity index (χ1v) is 6.44. The molecule has 4 nitrogen and oxygen atoms in total. The minimum atomic E-state index is 0.584. The van der Waals surface area contributed by atoms with Crippen molar-refractivity contribution in [2.24, 2.45) is 0 Å². The van der Waals surface area contributed by atoms with Crippen molar-refractivity contribution in [1.82, 2.24) is 14.4 Å². The molecule has 0 aliphatic rings. The molecule has 0 aromatic carbocycles. The Kier molecular flexibility index (Phi) is 2.60. The van der Waals surface area contributed by atoms with Gasteiger partial charge in [-0.3, -0.25) is 0 Å². The summed E-state index contributed by atoms with van der Waals surface area (Å²) in [7, 11) is 0. The molecular weight excluding hydrogens is 244 g/mol. The van der Waals surface area contributed by atoms with Crippen LogP contribution in [0.25, 0.3) is 17.8 Å². The molecule has 0 aliphatic heterocycles. The molecule has 0 spiro atoms. The number of thiazole rings is 1. The van der Waals surface area contributed by atoms with Crippen LogP contribution in [0.2, 0.25) is 0 Å². The maximum atomic E-state index is 5.58. The molecule has 2 N–H and O–H groups in total. The Balaban J connectivity index is 1.95. The second kappa shape index (κ2) is 4.27. The van der Waals surface area contributed by atoms with Gasteiger partial charge in [-0.25, -0.2) is 9.97 Å². The molecule has 0 unspecified atom stereocenters. The van der Waals surface area contributed by atoms with E-state index in [-0.39, 0.29) is 0 Å². The molecule has 0 atom stereocenters. The quantitative estimate of drug-likeness (QED) is 0.767. The molecule has 3 aromatic heterocycles. The van der Waals surface area contributed by atoms with Crippen LogP contribution in [0.15, 0.2) is 29.8 Å². The number of anilines is 1. The molecule has 0 saturated heterocycles. The lowest BCUT2D eigenvalue weighted by atomic mass is 10.3. The number of hydrogen-bond acceptors (Lipinski definition) is 4. The maximum Gasteiger partial charge on any atom is 0.180 e. The number of imidazole rings is 1. The third kappa shape index (κ3) is 2.00. The Morgan fingerprint density at radius 3 is 2.78 bits per heavy atom. The van der Waals surface area contributed by atoms with Crippen LogP contribution >= 0.6 is 11.3 Å². The van der Waals surface area contributed by atoms with Crippen molar-refractivity contribution in [2.45, 2.75) is 6.92 Å². The maximum absolute atomic E-state index is 5.58. The van der Waals surface area contributed by atoms with E-state index in [9.17, 15) is 0 Å². The largest absolute Gasteiger partial charge is 0.375 e. The number of rotatable bonds is 2. The number of fused-ring (bicyclic) bond motifs is 1. The van der Waals surface area contributed by atoms with E-state index in [0.717, 1.165) is 22.7 Å². The second-order valence-electron chi connectivity index (χ2n) is 4.01. The molecule has 0 radical (unpaired) electrons. The lowest BCUT2D eigenvalue weighted by Crippen LogP contribution is -1.86. The third-order valence-corrected chi connectivity index (χ3v) is 3.37. The van der Waals surface area contributed by atoms with Crippen LogP contribution in [0.1, 0.15) is 17.1 Å². The zero-order valence-corrected chi connectivity index (χ0v) is 10.7. The summed E-state index contributed by atoms with van der Waals surface area (Å²) in [6.07, 6.45) is 5.88. The van der Waals surface area contributed by atoms with E-state index in [0.29, 0.717) is 5.13 Å². The van der Waals surface area contributed by atoms with Crippen molar-refractivity contribution in [1.29, 1.82) is 0 Å². The van der Waals surface area contributed by atoms with Gasteiger partial charge in [0.2, 0.25) is 0 Å². The van der Waals surface area contributed by atoms with E-state index in [4.69, 9.17) is 5.73 Å². The van der Waals surface area contributed by atoms with Crippen molar-refractivity contribution in [3.8, 4) is 0 Å². The normalized spacial score (nSPS) is 11.6. The van der Waals surface area contributed by atoms with Crippen LogP contribution in [0, 0.1) is 6.92 Å². The average Bonchev–Trinajstić information content (AvgIpc) is 2.93. The highest BCUT2D eigenvalue weighted by atomic mass is 32.1. The van der Waals surface area contributed by atoms with E-state index >= 15 is 0 Å². The molecule has 3 rings (SSSR count). The van der Waals surface area contributed by atoms with E-state index in [1.54, 1.807) is 0 Å². The fourth-order valence-electron chi connectivity index (χ4n) is 1.80. The Morgan fingerprint density at radius 2 is 2.06 bits per heavy atom. The zero-order chi connectivity index (χ0) is 12.5. The molecule has 0 amide bonds. The number of nitrogens with two attached hydrogens (primary N) is 1. The highest BCUT2D eigenvalue weighted by Crippen LogP contribution is 2.15. The molecule has 0 aliphatic carbocycles. The van der Waals surface area contributed by atoms with Gasteiger partial charge in [0, 0.05) is 17.3 Å². The molecule has 3 heterocycles. The summed E-state index contributed by atoms with van der Waals surface area (Å²) in [5, 5.41) is 2.51. The highest BCUT2D eigenvalue weighted by molar-refractivity contribution is 7.13. The van der Waals surface area contributed by atoms with Gasteiger partial charge in [0.15, 0.2) is 5.13 Å². The van der Waals surface area contributed by atoms with Crippen molar-refractivity contribution >= 4 is 34.3 Å². The second-order valence-corrected chi connectivity index (χ2v) is 4.89. The van der Waals surface area contributed by atoms with Crippen molar-refractivity contribution < 1.29 is 0 Å². The number of aromatic nitrogens is 3. The monoisotopic (exact) mass is 256 g/mol. The molecular formula is C13H12N4S. The third-order valence-electron chi connectivity index (χ3n) is 2.68. The average molecular weight is 256 g/mol. The standard InChI is InChI=1S/C13H12N4S/c1-9-3-2-4-12-15-10(7-17(9)12)5-6-11-8-18-13(14)16-11/h2-8H,1H3,(H2,14,16). The van der Waals surface area contributed by atoms with E-state index in [2.05, 4.69) is 27.4 Å². The number of aryl methyl sites for hydroxylation is 1. The molecule has 0 bridgehead atoms. The molecule has 3 aromatic rings. The van der Waals surface area contributed by atoms with Crippen LogP contribution in [-0.2, 0) is 0 Å². The predicted octanol–water partition coefficient (Wildman–Crippen LogP) is 2.85. The fraction of sp³-hybridized carbons (Fsp3) is 0.0769. The molecule has 5 heteroatoms. The number of nitrogen functional groups attached to an aromatic ring is 1. The summed E-state index contributed by atoms with van der Waals surface area (Å²) in [6.45, 7) is 2.06. The van der Waals surface area contributed by atoms with Crippen molar-refractivity contribution in [3.05, 3.63) is 46.9 Å². The van der Waals surface area contributed by atoms with Gasteiger partial charge in [0.05, 0.1) is 11.4 Å². The van der Waals surface area contributed by atoms with Crippen LogP contribution in [0.5, 0.6) is 0 Å². The smallest absolute Gasteiger partial charge is 0.180 e. The SMILES string of the molecule is Cc1cccc2nc(C=Cc3csc(N)n3)cn12. The molecule has 18 heavy (non-hydrogen) atoms. The fourth-order valence-corrected chi connectivity index (χ4v) is 2.33. The first kappa shape index (κ1) is 11.0. The van der Waals surface area contributed by atoms with Crippen LogP contribution in [-0.4, -0.2) is 14.4 Å². The predicted molar refractivity (Wildman–Crippen MR) is 75.4 cm³/mol. The minimum Gasteiger partial charge on any atom is -0.375 e. The van der Waals surface area contributed by atoms with Gasteiger partial charge >= 0.3 is 0 Å². The van der Waals surface area contributed by atoms with Gasteiger partial charge in [0.25, 0.3) is 0 Å². The number of nitrogens with zero attached hydrogens (tertiary/aromatic N) is 3. The van der Waals surface area contributed by atoms with Crippen molar-refractivity contribution in [3.63, 3.8) is 0 Å². The van der Waals surface area contributed by atoms with Crippen LogP contribution in [0.3, 0.4) is 0 Å². The lowest BCUT2D eigenvalue weighted by Gasteiger charge is -1.95. The van der Waals surface area contributed by atoms with Crippen LogP contribution < -0.4 is 5.73 Å². The van der Waals surface area contributed by atoms with E-state index in [1.165, 1.54) is 11.3 Å². The summed E-state index contributed by atoms with van der Waals surface area (Å²) in [5.74, 6) is 0. The van der Waals surface area contributed by atoms with Gasteiger partial charge in [-0.1, -0.05) is 6.07 Å². The topological polar surface area (TPSA) is 56.2 Å². The number of hydrogen-bond donors (Lipinski definition) is 1. The lowest BCUT2D eigenvalue weighted by molar-refractivity contribution is 1.09. The van der Waals surface area contributed by atoms with Crippen LogP contribution in [0.4, 0.5) is 5.13 Å². The van der Waals surface area contributed by atoms with Gasteiger partial charge in [-0.15, -0.1) is 11.3 Å². The van der Waals surface area contributed by atoms with E-state index in [1.807, 2.05) is 35.9 Å². The summed E-state index contributed by atoms with van der Waals surface area (Å²) in [4.78, 5) is 8.69. The Labute approximate surface area is 108 Å². The number of pyridine rings is 1. The first-order chi connectivity index (χ1) is 8.72. The molecule has 0 fully saturated rings. The van der Waals surface area contributed by atoms with Gasteiger partial charge in [-0.05, 0) is 31.2 Å². The Morgan fingerprint density at radius 1 is 1.22 bits per heavy atom. The molecule has 0 saturated carbocycles. The summed E-state index contributed by atoms with van der Waals surface area (Å²) in [5.41, 5.74) is 9.48. The summed E-state index contributed by atoms with van der Waals surface area (Å²) < 4.78 is 2.06. The molecule has 90 valence electrons. The zero-order valence-electron chi connectivity index (χ0n) is 9.87. The van der Waals surface area contributed by atoms with Gasteiger partial charge in [-0.2, -0.15) is 0 Å². The van der Waals surface area contributed by atoms with Crippen molar-refractivity contribution in [2.75, 3.05) is 5.73 Å². The van der Waals surface area contributed by atoms with Gasteiger partial charge in [0.1, 0.15) is 5.65 Å². The minimum absolute atomic E-state index is 0.584. The highest BCUT2D eigenvalue weighted by Gasteiger charge is 2.00. The van der Waals surface area contributed by atoms with E-state index < -0.39 is 0 Å². The Hall–Kier alpha value is -2.14. The summed E-state index contributed by atoms with van der Waals surface area (Å²) in [6, 6.07) is 6.06.